The van der Waals surface area contributed by atoms with Crippen molar-refractivity contribution in [3.05, 3.63) is 40.4 Å². The summed E-state index contributed by atoms with van der Waals surface area (Å²) in [7, 11) is 0. The molecule has 0 saturated heterocycles. The van der Waals surface area contributed by atoms with Crippen molar-refractivity contribution in [2.75, 3.05) is 11.9 Å². The number of rotatable bonds is 4. The van der Waals surface area contributed by atoms with E-state index in [9.17, 15) is 9.59 Å². The molecule has 2 rings (SSSR count). The van der Waals surface area contributed by atoms with Crippen molar-refractivity contribution in [1.82, 2.24) is 9.59 Å². The van der Waals surface area contributed by atoms with E-state index in [0.29, 0.717) is 16.3 Å². The molecular weight excluding hydrogens is 278 g/mol. The van der Waals surface area contributed by atoms with Crippen LogP contribution >= 0.6 is 11.5 Å². The molecule has 0 aliphatic carbocycles. The molecule has 0 atom stereocenters. The molecule has 1 N–H and O–H groups in total. The summed E-state index contributed by atoms with van der Waals surface area (Å²) in [6, 6.07) is 7.33. The van der Waals surface area contributed by atoms with Crippen molar-refractivity contribution < 1.29 is 14.3 Å². The van der Waals surface area contributed by atoms with Crippen molar-refractivity contribution in [3.63, 3.8) is 0 Å². The van der Waals surface area contributed by atoms with Crippen LogP contribution in [-0.2, 0) is 9.53 Å². The average Bonchev–Trinajstić information content (AvgIpc) is 2.85. The van der Waals surface area contributed by atoms with Crippen LogP contribution in [0.3, 0.4) is 0 Å². The van der Waals surface area contributed by atoms with Gasteiger partial charge in [-0.3, -0.25) is 4.79 Å². The molecule has 0 aliphatic rings. The van der Waals surface area contributed by atoms with Gasteiger partial charge < -0.3 is 10.1 Å². The summed E-state index contributed by atoms with van der Waals surface area (Å²) in [6.07, 6.45) is 0. The molecule has 0 bridgehead atoms. The van der Waals surface area contributed by atoms with Gasteiger partial charge in [0.1, 0.15) is 0 Å². The Bertz CT molecular complexity index is 622. The lowest BCUT2D eigenvalue weighted by atomic mass is 10.2. The number of amides is 1. The smallest absolute Gasteiger partial charge is 0.352 e. The normalized spacial score (nSPS) is 10.1. The number of nitrogens with one attached hydrogen (secondary N) is 1. The van der Waals surface area contributed by atoms with Crippen LogP contribution in [0, 0.1) is 13.8 Å². The fourth-order valence-electron chi connectivity index (χ4n) is 1.45. The summed E-state index contributed by atoms with van der Waals surface area (Å²) < 4.78 is 8.54. The Morgan fingerprint density at radius 1 is 1.25 bits per heavy atom. The van der Waals surface area contributed by atoms with E-state index in [1.807, 2.05) is 19.1 Å². The molecule has 1 amide bonds. The maximum absolute atomic E-state index is 11.7. The van der Waals surface area contributed by atoms with Crippen LogP contribution in [0.15, 0.2) is 24.3 Å². The minimum atomic E-state index is -0.587. The Hall–Kier alpha value is -2.28. The first-order valence-corrected chi connectivity index (χ1v) is 6.66. The van der Waals surface area contributed by atoms with Crippen LogP contribution in [0.4, 0.5) is 5.69 Å². The van der Waals surface area contributed by atoms with E-state index in [0.717, 1.165) is 17.1 Å². The van der Waals surface area contributed by atoms with Gasteiger partial charge in [-0.05, 0) is 37.5 Å². The number of anilines is 1. The molecular formula is C13H13N3O3S. The zero-order chi connectivity index (χ0) is 14.5. The van der Waals surface area contributed by atoms with Crippen LogP contribution in [0.1, 0.15) is 20.9 Å². The minimum Gasteiger partial charge on any atom is -0.451 e. The standard InChI is InChI=1S/C13H13N3O3S/c1-8-3-5-10(6-4-8)14-11(17)7-19-13(18)12-9(2)15-16-20-12/h3-6H,7H2,1-2H3,(H,14,17). The molecule has 1 aromatic heterocycles. The molecule has 20 heavy (non-hydrogen) atoms. The Kier molecular flexibility index (Phi) is 4.41. The van der Waals surface area contributed by atoms with Gasteiger partial charge in [-0.25, -0.2) is 4.79 Å². The maximum atomic E-state index is 11.7. The molecule has 1 heterocycles. The lowest BCUT2D eigenvalue weighted by Crippen LogP contribution is -2.20. The highest BCUT2D eigenvalue weighted by Gasteiger charge is 2.16. The molecule has 0 radical (unpaired) electrons. The van der Waals surface area contributed by atoms with E-state index in [-0.39, 0.29) is 6.61 Å². The number of hydrogen-bond donors (Lipinski definition) is 1. The number of benzene rings is 1. The second-order valence-electron chi connectivity index (χ2n) is 4.18. The number of aryl methyl sites for hydroxylation is 2. The van der Waals surface area contributed by atoms with Crippen molar-refractivity contribution in [2.24, 2.45) is 0 Å². The SMILES string of the molecule is Cc1ccc(NC(=O)COC(=O)c2snnc2C)cc1. The zero-order valence-electron chi connectivity index (χ0n) is 11.0. The number of carbonyl (C=O) groups is 2. The van der Waals surface area contributed by atoms with Gasteiger partial charge in [0.25, 0.3) is 5.91 Å². The van der Waals surface area contributed by atoms with Crippen molar-refractivity contribution in [3.8, 4) is 0 Å². The number of esters is 1. The second-order valence-corrected chi connectivity index (χ2v) is 4.93. The third-order valence-electron chi connectivity index (χ3n) is 2.51. The molecule has 0 saturated carbocycles. The first kappa shape index (κ1) is 14.1. The Labute approximate surface area is 119 Å². The monoisotopic (exact) mass is 291 g/mol. The summed E-state index contributed by atoms with van der Waals surface area (Å²) in [4.78, 5) is 23.6. The molecule has 1 aromatic carbocycles. The average molecular weight is 291 g/mol. The van der Waals surface area contributed by atoms with E-state index < -0.39 is 11.9 Å². The fraction of sp³-hybridized carbons (Fsp3) is 0.231. The third-order valence-corrected chi connectivity index (χ3v) is 3.31. The highest BCUT2D eigenvalue weighted by molar-refractivity contribution is 7.07. The topological polar surface area (TPSA) is 81.2 Å². The molecule has 0 fully saturated rings. The molecule has 0 unspecified atom stereocenters. The number of nitrogens with zero attached hydrogens (tertiary/aromatic N) is 2. The number of ether oxygens (including phenoxy) is 1. The predicted molar refractivity (Wildman–Crippen MR) is 74.7 cm³/mol. The molecule has 2 aromatic rings. The van der Waals surface area contributed by atoms with E-state index in [1.54, 1.807) is 19.1 Å². The van der Waals surface area contributed by atoms with Gasteiger partial charge in [-0.15, -0.1) is 5.10 Å². The number of carbonyl (C=O) groups excluding carboxylic acids is 2. The van der Waals surface area contributed by atoms with Crippen LogP contribution in [0.25, 0.3) is 0 Å². The first-order chi connectivity index (χ1) is 9.56. The van der Waals surface area contributed by atoms with Gasteiger partial charge in [0.05, 0.1) is 5.69 Å². The molecule has 0 spiro atoms. The van der Waals surface area contributed by atoms with Gasteiger partial charge in [0.15, 0.2) is 11.5 Å². The largest absolute Gasteiger partial charge is 0.451 e. The minimum absolute atomic E-state index is 0.313. The fourth-order valence-corrected chi connectivity index (χ4v) is 2.00. The third kappa shape index (κ3) is 3.61. The lowest BCUT2D eigenvalue weighted by molar-refractivity contribution is -0.119. The van der Waals surface area contributed by atoms with E-state index in [1.165, 1.54) is 0 Å². The first-order valence-electron chi connectivity index (χ1n) is 5.89. The van der Waals surface area contributed by atoms with Crippen molar-refractivity contribution in [2.45, 2.75) is 13.8 Å². The van der Waals surface area contributed by atoms with E-state index in [4.69, 9.17) is 4.74 Å². The number of hydrogen-bond acceptors (Lipinski definition) is 6. The Morgan fingerprint density at radius 2 is 1.95 bits per heavy atom. The van der Waals surface area contributed by atoms with E-state index >= 15 is 0 Å². The molecule has 7 heteroatoms. The van der Waals surface area contributed by atoms with Crippen molar-refractivity contribution >= 4 is 29.1 Å². The van der Waals surface area contributed by atoms with Gasteiger partial charge in [0, 0.05) is 5.69 Å². The summed E-state index contributed by atoms with van der Waals surface area (Å²) in [5.74, 6) is -0.978. The van der Waals surface area contributed by atoms with Crippen LogP contribution in [0.2, 0.25) is 0 Å². The van der Waals surface area contributed by atoms with Crippen molar-refractivity contribution in [1.29, 1.82) is 0 Å². The molecule has 6 nitrogen and oxygen atoms in total. The van der Waals surface area contributed by atoms with Gasteiger partial charge in [-0.2, -0.15) is 0 Å². The predicted octanol–water partition coefficient (Wildman–Crippen LogP) is 1.95. The summed E-state index contributed by atoms with van der Waals surface area (Å²) >= 11 is 0.948. The Balaban J connectivity index is 1.85. The maximum Gasteiger partial charge on any atom is 0.352 e. The summed E-state index contributed by atoms with van der Waals surface area (Å²) in [5, 5.41) is 6.35. The quantitative estimate of drug-likeness (QED) is 0.871. The van der Waals surface area contributed by atoms with E-state index in [2.05, 4.69) is 14.9 Å². The van der Waals surface area contributed by atoms with Gasteiger partial charge in [-0.1, -0.05) is 22.2 Å². The van der Waals surface area contributed by atoms with Gasteiger partial charge in [0.2, 0.25) is 0 Å². The summed E-state index contributed by atoms with van der Waals surface area (Å²) in [5.41, 5.74) is 2.26. The second kappa shape index (κ2) is 6.25. The number of aromatic nitrogens is 2. The zero-order valence-corrected chi connectivity index (χ0v) is 11.9. The highest BCUT2D eigenvalue weighted by atomic mass is 32.1. The Morgan fingerprint density at radius 3 is 2.55 bits per heavy atom. The van der Waals surface area contributed by atoms with Gasteiger partial charge >= 0.3 is 5.97 Å². The van der Waals surface area contributed by atoms with Crippen LogP contribution in [0.5, 0.6) is 0 Å². The highest BCUT2D eigenvalue weighted by Crippen LogP contribution is 2.11. The summed E-state index contributed by atoms with van der Waals surface area (Å²) in [6.45, 7) is 3.27. The van der Waals surface area contributed by atoms with Crippen LogP contribution < -0.4 is 5.32 Å². The molecule has 104 valence electrons. The lowest BCUT2D eigenvalue weighted by Gasteiger charge is -2.06. The van der Waals surface area contributed by atoms with Crippen LogP contribution in [-0.4, -0.2) is 28.1 Å². The molecule has 0 aliphatic heterocycles.